The van der Waals surface area contributed by atoms with Crippen molar-refractivity contribution in [3.05, 3.63) is 35.4 Å². The van der Waals surface area contributed by atoms with Gasteiger partial charge in [-0.15, -0.1) is 0 Å². The van der Waals surface area contributed by atoms with Gasteiger partial charge in [0, 0.05) is 19.5 Å². The first-order valence-electron chi connectivity index (χ1n) is 6.78. The van der Waals surface area contributed by atoms with E-state index in [2.05, 4.69) is 24.3 Å². The van der Waals surface area contributed by atoms with Crippen molar-refractivity contribution in [3.8, 4) is 0 Å². The predicted octanol–water partition coefficient (Wildman–Crippen LogP) is 2.18. The van der Waals surface area contributed by atoms with Crippen LogP contribution in [0.2, 0.25) is 0 Å². The maximum atomic E-state index is 11.8. The SMILES string of the molecule is CN1C(=O)CCC(N)C1c1cccc(C2CC2)c1. The first-order valence-corrected chi connectivity index (χ1v) is 6.78. The van der Waals surface area contributed by atoms with Crippen LogP contribution in [0.5, 0.6) is 0 Å². The number of amides is 1. The molecule has 1 aromatic rings. The van der Waals surface area contributed by atoms with Gasteiger partial charge in [0.05, 0.1) is 6.04 Å². The molecule has 0 aromatic heterocycles. The average molecular weight is 244 g/mol. The molecule has 18 heavy (non-hydrogen) atoms. The quantitative estimate of drug-likeness (QED) is 0.866. The zero-order valence-corrected chi connectivity index (χ0v) is 10.8. The van der Waals surface area contributed by atoms with Gasteiger partial charge in [-0.05, 0) is 36.3 Å². The largest absolute Gasteiger partial charge is 0.337 e. The van der Waals surface area contributed by atoms with Crippen molar-refractivity contribution in [1.29, 1.82) is 0 Å². The van der Waals surface area contributed by atoms with E-state index >= 15 is 0 Å². The minimum Gasteiger partial charge on any atom is -0.337 e. The van der Waals surface area contributed by atoms with Gasteiger partial charge < -0.3 is 10.6 Å². The smallest absolute Gasteiger partial charge is 0.222 e. The van der Waals surface area contributed by atoms with Crippen molar-refractivity contribution < 1.29 is 4.79 Å². The fourth-order valence-electron chi connectivity index (χ4n) is 2.95. The Labute approximate surface area is 108 Å². The van der Waals surface area contributed by atoms with Gasteiger partial charge in [0.15, 0.2) is 0 Å². The van der Waals surface area contributed by atoms with Gasteiger partial charge in [0.25, 0.3) is 0 Å². The maximum absolute atomic E-state index is 11.8. The average Bonchev–Trinajstić information content (AvgIpc) is 3.19. The molecular weight excluding hydrogens is 224 g/mol. The molecule has 0 spiro atoms. The molecule has 3 nitrogen and oxygen atoms in total. The highest BCUT2D eigenvalue weighted by Gasteiger charge is 2.33. The van der Waals surface area contributed by atoms with Crippen molar-refractivity contribution in [3.63, 3.8) is 0 Å². The molecule has 3 rings (SSSR count). The van der Waals surface area contributed by atoms with Gasteiger partial charge in [-0.2, -0.15) is 0 Å². The molecule has 1 heterocycles. The van der Waals surface area contributed by atoms with Gasteiger partial charge in [-0.3, -0.25) is 4.79 Å². The summed E-state index contributed by atoms with van der Waals surface area (Å²) in [6, 6.07) is 8.75. The number of nitrogens with zero attached hydrogens (tertiary/aromatic N) is 1. The molecule has 1 aromatic carbocycles. The molecule has 96 valence electrons. The second-order valence-electron chi connectivity index (χ2n) is 5.60. The fourth-order valence-corrected chi connectivity index (χ4v) is 2.95. The molecule has 1 saturated carbocycles. The van der Waals surface area contributed by atoms with Gasteiger partial charge in [0.1, 0.15) is 0 Å². The third-order valence-corrected chi connectivity index (χ3v) is 4.21. The van der Waals surface area contributed by atoms with Gasteiger partial charge in [-0.25, -0.2) is 0 Å². The molecule has 1 aliphatic heterocycles. The lowest BCUT2D eigenvalue weighted by atomic mass is 9.90. The first kappa shape index (κ1) is 11.7. The number of carbonyl (C=O) groups excluding carboxylic acids is 1. The predicted molar refractivity (Wildman–Crippen MR) is 71.1 cm³/mol. The molecule has 1 saturated heterocycles. The van der Waals surface area contributed by atoms with Crippen LogP contribution >= 0.6 is 0 Å². The van der Waals surface area contributed by atoms with Gasteiger partial charge in [0.2, 0.25) is 5.91 Å². The van der Waals surface area contributed by atoms with E-state index in [-0.39, 0.29) is 18.0 Å². The zero-order chi connectivity index (χ0) is 12.7. The Morgan fingerprint density at radius 1 is 1.22 bits per heavy atom. The summed E-state index contributed by atoms with van der Waals surface area (Å²) < 4.78 is 0. The van der Waals surface area contributed by atoms with E-state index in [1.165, 1.54) is 24.0 Å². The zero-order valence-electron chi connectivity index (χ0n) is 10.8. The summed E-state index contributed by atoms with van der Waals surface area (Å²) in [6.07, 6.45) is 3.97. The van der Waals surface area contributed by atoms with E-state index in [1.807, 2.05) is 11.9 Å². The number of hydrogen-bond acceptors (Lipinski definition) is 2. The van der Waals surface area contributed by atoms with Crippen molar-refractivity contribution in [2.45, 2.75) is 43.7 Å². The number of piperidine rings is 1. The van der Waals surface area contributed by atoms with E-state index in [1.54, 1.807) is 0 Å². The van der Waals surface area contributed by atoms with Crippen LogP contribution in [0.4, 0.5) is 0 Å². The summed E-state index contributed by atoms with van der Waals surface area (Å²) in [6.45, 7) is 0. The molecule has 2 unspecified atom stereocenters. The van der Waals surface area contributed by atoms with E-state index in [0.717, 1.165) is 12.3 Å². The van der Waals surface area contributed by atoms with Crippen molar-refractivity contribution in [2.75, 3.05) is 7.05 Å². The van der Waals surface area contributed by atoms with Gasteiger partial charge in [-0.1, -0.05) is 24.3 Å². The normalized spacial score (nSPS) is 28.6. The van der Waals surface area contributed by atoms with Crippen LogP contribution in [0.3, 0.4) is 0 Å². The standard InChI is InChI=1S/C15H20N2O/c1-17-14(18)8-7-13(16)15(17)12-4-2-3-11(9-12)10-5-6-10/h2-4,9-10,13,15H,5-8,16H2,1H3. The minimum absolute atomic E-state index is 0.0463. The molecular formula is C15H20N2O. The topological polar surface area (TPSA) is 46.3 Å². The van der Waals surface area contributed by atoms with Crippen LogP contribution < -0.4 is 5.73 Å². The molecule has 3 heteroatoms. The number of carbonyl (C=O) groups is 1. The summed E-state index contributed by atoms with van der Waals surface area (Å²) in [4.78, 5) is 13.6. The van der Waals surface area contributed by atoms with E-state index < -0.39 is 0 Å². The number of likely N-dealkylation sites (N-methyl/N-ethyl adjacent to an activating group) is 1. The monoisotopic (exact) mass is 244 g/mol. The Hall–Kier alpha value is -1.35. The van der Waals surface area contributed by atoms with Crippen LogP contribution in [0.25, 0.3) is 0 Å². The number of nitrogens with two attached hydrogens (primary N) is 1. The summed E-state index contributed by atoms with van der Waals surface area (Å²) in [5, 5.41) is 0. The Morgan fingerprint density at radius 2 is 1.94 bits per heavy atom. The Bertz CT molecular complexity index is 467. The molecule has 0 bridgehead atoms. The maximum Gasteiger partial charge on any atom is 0.222 e. The van der Waals surface area contributed by atoms with Crippen LogP contribution in [0.15, 0.2) is 24.3 Å². The van der Waals surface area contributed by atoms with E-state index in [0.29, 0.717) is 6.42 Å². The highest BCUT2D eigenvalue weighted by atomic mass is 16.2. The molecule has 2 N–H and O–H groups in total. The molecule has 1 amide bonds. The van der Waals surface area contributed by atoms with Crippen molar-refractivity contribution in [2.24, 2.45) is 5.73 Å². The number of benzene rings is 1. The summed E-state index contributed by atoms with van der Waals surface area (Å²) in [5.41, 5.74) is 8.82. The second kappa shape index (κ2) is 4.39. The highest BCUT2D eigenvalue weighted by Crippen LogP contribution is 2.41. The molecule has 1 aliphatic carbocycles. The third-order valence-electron chi connectivity index (χ3n) is 4.21. The Morgan fingerprint density at radius 3 is 2.67 bits per heavy atom. The lowest BCUT2D eigenvalue weighted by molar-refractivity contribution is -0.135. The second-order valence-corrected chi connectivity index (χ2v) is 5.60. The molecule has 0 radical (unpaired) electrons. The van der Waals surface area contributed by atoms with Gasteiger partial charge >= 0.3 is 0 Å². The Balaban J connectivity index is 1.91. The highest BCUT2D eigenvalue weighted by molar-refractivity contribution is 5.77. The third kappa shape index (κ3) is 2.03. The van der Waals surface area contributed by atoms with Crippen molar-refractivity contribution >= 4 is 5.91 Å². The van der Waals surface area contributed by atoms with Crippen LogP contribution in [-0.4, -0.2) is 23.9 Å². The lowest BCUT2D eigenvalue weighted by Crippen LogP contribution is -2.46. The van der Waals surface area contributed by atoms with Crippen LogP contribution in [0, 0.1) is 0 Å². The molecule has 2 fully saturated rings. The first-order chi connectivity index (χ1) is 8.66. The number of rotatable bonds is 2. The van der Waals surface area contributed by atoms with E-state index in [9.17, 15) is 4.79 Å². The number of likely N-dealkylation sites (tertiary alicyclic amines) is 1. The fraction of sp³-hybridized carbons (Fsp3) is 0.533. The summed E-state index contributed by atoms with van der Waals surface area (Å²) in [5.74, 6) is 0.948. The summed E-state index contributed by atoms with van der Waals surface area (Å²) in [7, 11) is 1.87. The van der Waals surface area contributed by atoms with Crippen LogP contribution in [0.1, 0.15) is 48.8 Å². The minimum atomic E-state index is 0.0463. The summed E-state index contributed by atoms with van der Waals surface area (Å²) >= 11 is 0. The number of hydrogen-bond donors (Lipinski definition) is 1. The van der Waals surface area contributed by atoms with E-state index in [4.69, 9.17) is 5.73 Å². The van der Waals surface area contributed by atoms with Crippen molar-refractivity contribution in [1.82, 2.24) is 4.90 Å². The lowest BCUT2D eigenvalue weighted by Gasteiger charge is -2.37. The molecule has 2 atom stereocenters. The van der Waals surface area contributed by atoms with Crippen LogP contribution in [-0.2, 0) is 4.79 Å². The molecule has 2 aliphatic rings. The Kier molecular flexibility index (Phi) is 2.86.